The van der Waals surface area contributed by atoms with Crippen molar-refractivity contribution >= 4 is 34.8 Å². The van der Waals surface area contributed by atoms with Crippen molar-refractivity contribution in [2.24, 2.45) is 14.1 Å². The number of hydrogen-bond donors (Lipinski definition) is 0. The molecule has 0 unspecified atom stereocenters. The molecule has 0 saturated heterocycles. The molecule has 0 aromatic carbocycles. The molecule has 0 saturated carbocycles. The van der Waals surface area contributed by atoms with Crippen LogP contribution in [0.3, 0.4) is 0 Å². The maximum atomic E-state index is 12.5. The van der Waals surface area contributed by atoms with Gasteiger partial charge in [-0.2, -0.15) is 116 Å². The Hall–Kier alpha value is -7.24. The minimum absolute atomic E-state index is 0. The summed E-state index contributed by atoms with van der Waals surface area (Å²) < 4.78 is 278. The number of rotatable bonds is 8. The van der Waals surface area contributed by atoms with Crippen LogP contribution >= 0.6 is 0 Å². The third-order valence-electron chi connectivity index (χ3n) is 12.0. The SMILES string of the molecule is CCc1nn(C)cc1C1=[N+]([O-])C(C)(C)C(C)(C)[N+]1=O.CCc1nn(C)cc1C1=[N+]([O-])C(C)(C)C(C)(C)[N+]1=O.O=C(/C=C(\[O-])C(F)(F)F)C(F)(F)F.O=C(/C=C(\[O-])C(F)(F)F)C(F)(F)F.O=C(/C=C(\[O-])C(F)(F)F)C(F)(F)F.O=C(/C=C(\[O-])C(F)(F)F)C(F)(F)F.[Cu+].[Cu+]. The van der Waals surface area contributed by atoms with E-state index in [1.807, 2.05) is 13.8 Å². The Kier molecular flexibility index (Phi) is 31.3. The van der Waals surface area contributed by atoms with Gasteiger partial charge in [-0.05, 0) is 60.2 Å². The fraction of sp³-hybridized carbons (Fsp3) is 0.565. The van der Waals surface area contributed by atoms with E-state index in [4.69, 9.17) is 0 Å². The zero-order valence-electron chi connectivity index (χ0n) is 48.0. The summed E-state index contributed by atoms with van der Waals surface area (Å²) in [6.45, 7) is 18.3. The standard InChI is InChI=1S/2C13H21N4O2.4C5H2F6O2.2Cu/c2*1-7-10-9(8-15(6)14-10)11-16(18)12(2,3)13(4,5)17(11)19;4*6-4(7,8)2(12)1-3(13)5(9,10)11;;/h2*8H,7H2,1-6H3;4*1,12H;;/q2*+1;;;;;2*+1/p-4/b;;4*2-1-;;. The number of halogens is 24. The fourth-order valence-corrected chi connectivity index (χ4v) is 5.75. The van der Waals surface area contributed by atoms with Crippen molar-refractivity contribution in [2.75, 3.05) is 0 Å². The van der Waals surface area contributed by atoms with Gasteiger partial charge in [0.2, 0.25) is 11.1 Å². The first kappa shape index (κ1) is 91.2. The van der Waals surface area contributed by atoms with E-state index in [2.05, 4.69) is 10.2 Å². The molecule has 4 rings (SSSR count). The third kappa shape index (κ3) is 24.3. The van der Waals surface area contributed by atoms with E-state index in [-0.39, 0.29) is 45.8 Å². The molecule has 46 heteroatoms. The van der Waals surface area contributed by atoms with Gasteiger partial charge < -0.3 is 30.8 Å². The van der Waals surface area contributed by atoms with Gasteiger partial charge in [-0.1, -0.05) is 13.8 Å². The molecule has 92 heavy (non-hydrogen) atoms. The molecule has 0 atom stereocenters. The largest absolute Gasteiger partial charge is 1.00 e. The molecule has 0 bridgehead atoms. The van der Waals surface area contributed by atoms with Crippen LogP contribution in [0.1, 0.15) is 91.8 Å². The summed E-state index contributed by atoms with van der Waals surface area (Å²) in [4.78, 5) is 64.3. The number of hydroxylamine groups is 2. The van der Waals surface area contributed by atoms with Crippen LogP contribution in [0.15, 0.2) is 59.7 Å². The van der Waals surface area contributed by atoms with Crippen molar-refractivity contribution in [3.63, 3.8) is 0 Å². The molecule has 0 spiro atoms. The number of ketones is 4. The number of allylic oxidation sites excluding steroid dienone is 8. The monoisotopic (exact) mass is 1480 g/mol. The zero-order valence-corrected chi connectivity index (χ0v) is 49.9. The van der Waals surface area contributed by atoms with Crippen LogP contribution in [-0.2, 0) is 80.3 Å². The molecule has 532 valence electrons. The quantitative estimate of drug-likeness (QED) is 0.0651. The molecule has 20 nitrogen and oxygen atoms in total. The van der Waals surface area contributed by atoms with Crippen LogP contribution in [0, 0.1) is 20.2 Å². The van der Waals surface area contributed by atoms with Crippen LogP contribution < -0.4 is 20.4 Å². The number of carbonyl (C=O) groups excluding carboxylic acids is 4. The van der Waals surface area contributed by atoms with Crippen LogP contribution in [0.2, 0.25) is 0 Å². The van der Waals surface area contributed by atoms with Crippen LogP contribution in [0.4, 0.5) is 105 Å². The molecule has 0 aliphatic carbocycles. The Morgan fingerprint density at radius 2 is 0.576 bits per heavy atom. The van der Waals surface area contributed by atoms with Crippen molar-refractivity contribution in [2.45, 2.75) is 154 Å². The molecule has 0 amide bonds. The van der Waals surface area contributed by atoms with Crippen LogP contribution in [-0.4, -0.2) is 145 Å². The van der Waals surface area contributed by atoms with Crippen molar-refractivity contribution in [1.29, 1.82) is 0 Å². The zero-order chi connectivity index (χ0) is 72.6. The predicted octanol–water partition coefficient (Wildman–Crippen LogP) is 6.87. The third-order valence-corrected chi connectivity index (χ3v) is 12.0. The normalized spacial score (nSPS) is 17.0. The number of aromatic nitrogens is 4. The van der Waals surface area contributed by atoms with Gasteiger partial charge in [0, 0.05) is 91.7 Å². The van der Waals surface area contributed by atoms with Crippen molar-refractivity contribution in [3.05, 3.63) is 102 Å². The van der Waals surface area contributed by atoms with Crippen molar-refractivity contribution < 1.29 is 198 Å². The maximum absolute atomic E-state index is 12.5. The molecule has 2 aliphatic rings. The van der Waals surface area contributed by atoms with Gasteiger partial charge in [0.05, 0.1) is 11.4 Å². The Bertz CT molecular complexity index is 2880. The van der Waals surface area contributed by atoms with Gasteiger partial charge >= 0.3 is 95.2 Å². The number of nitroso groups, excluding NO2 is 2. The van der Waals surface area contributed by atoms with E-state index in [0.717, 1.165) is 30.4 Å². The molecular formula is C46H46Cu2F24N8O12. The average molecular weight is 1490 g/mol. The Morgan fingerprint density at radius 3 is 0.696 bits per heavy atom. The number of nitrogens with zero attached hydrogens (tertiary/aromatic N) is 8. The predicted molar refractivity (Wildman–Crippen MR) is 245 cm³/mol. The maximum Gasteiger partial charge on any atom is 1.00 e. The average Bonchev–Trinajstić information content (AvgIpc) is 1.58. The molecule has 4 heterocycles. The summed E-state index contributed by atoms with van der Waals surface area (Å²) in [5, 5.41) is 73.0. The number of amidine groups is 2. The molecular weight excluding hydrogens is 1440 g/mol. The molecule has 0 radical (unpaired) electrons. The Labute approximate surface area is 521 Å². The number of carbonyl (C=O) groups is 4. The van der Waals surface area contributed by atoms with Crippen LogP contribution in [0.5, 0.6) is 0 Å². The van der Waals surface area contributed by atoms with E-state index < -0.39 is 142 Å². The van der Waals surface area contributed by atoms with E-state index in [1.54, 1.807) is 91.2 Å². The van der Waals surface area contributed by atoms with Gasteiger partial charge in [0.1, 0.15) is 9.52 Å². The fourth-order valence-electron chi connectivity index (χ4n) is 5.75. The van der Waals surface area contributed by atoms with Gasteiger partial charge in [-0.15, -0.1) is 9.48 Å². The summed E-state index contributed by atoms with van der Waals surface area (Å²) in [6, 6.07) is 0. The number of alkyl halides is 24. The summed E-state index contributed by atoms with van der Waals surface area (Å²) in [5.74, 6) is -22.3. The Balaban J connectivity index is -0.000000508. The first-order valence-corrected chi connectivity index (χ1v) is 23.5. The molecule has 2 aromatic rings. The topological polar surface area (TPSA) is 288 Å². The Morgan fingerprint density at radius 1 is 0.402 bits per heavy atom. The summed E-state index contributed by atoms with van der Waals surface area (Å²) in [5.41, 5.74) is -0.339. The molecule has 2 aliphatic heterocycles. The minimum atomic E-state index is -5.46. The van der Waals surface area contributed by atoms with E-state index in [1.165, 1.54) is 0 Å². The molecule has 2 aromatic heterocycles. The number of aryl methyl sites for hydroxylation is 4. The first-order valence-electron chi connectivity index (χ1n) is 23.5. The summed E-state index contributed by atoms with van der Waals surface area (Å²) in [6.07, 6.45) is -42.9. The van der Waals surface area contributed by atoms with E-state index in [0.29, 0.717) is 24.0 Å². The number of hydrogen-bond acceptors (Lipinski definition) is 14. The van der Waals surface area contributed by atoms with Gasteiger partial charge in [-0.3, -0.25) is 28.5 Å². The van der Waals surface area contributed by atoms with E-state index in [9.17, 15) is 165 Å². The van der Waals surface area contributed by atoms with Crippen molar-refractivity contribution in [1.82, 2.24) is 19.6 Å². The van der Waals surface area contributed by atoms with Gasteiger partial charge in [0.15, 0.2) is 11.1 Å². The smallest absolute Gasteiger partial charge is 0.869 e. The molecule has 0 fully saturated rings. The second-order valence-corrected chi connectivity index (χ2v) is 19.6. The first-order chi connectivity index (χ1) is 39.5. The van der Waals surface area contributed by atoms with Crippen LogP contribution in [0.25, 0.3) is 0 Å². The van der Waals surface area contributed by atoms with E-state index >= 15 is 0 Å². The van der Waals surface area contributed by atoms with Gasteiger partial charge in [-0.25, -0.2) is 0 Å². The minimum Gasteiger partial charge on any atom is -0.869 e. The summed E-state index contributed by atoms with van der Waals surface area (Å²) >= 11 is 0. The van der Waals surface area contributed by atoms with Gasteiger partial charge in [0.25, 0.3) is 34.2 Å². The second-order valence-electron chi connectivity index (χ2n) is 19.6. The second kappa shape index (κ2) is 31.6. The molecule has 0 N–H and O–H groups in total. The summed E-state index contributed by atoms with van der Waals surface area (Å²) in [7, 11) is 3.58. The van der Waals surface area contributed by atoms with Crippen molar-refractivity contribution in [3.8, 4) is 0 Å².